The number of nitrogens with zero attached hydrogens (tertiary/aromatic N) is 1. The first-order valence-electron chi connectivity index (χ1n) is 6.25. The number of hydrogen-bond acceptors (Lipinski definition) is 3. The van der Waals surface area contributed by atoms with Gasteiger partial charge >= 0.3 is 5.97 Å². The molecule has 0 bridgehead atoms. The second-order valence-corrected chi connectivity index (χ2v) is 5.46. The summed E-state index contributed by atoms with van der Waals surface area (Å²) in [6, 6.07) is 11.6. The Hall–Kier alpha value is -1.88. The number of aromatic carboxylic acids is 1. The Morgan fingerprint density at radius 3 is 2.75 bits per heavy atom. The molecular formula is C15H15BrN2O2. The Balaban J connectivity index is 2.09. The maximum atomic E-state index is 11.2. The summed E-state index contributed by atoms with van der Waals surface area (Å²) in [4.78, 5) is 15.3. The smallest absolute Gasteiger partial charge is 0.339 e. The molecule has 1 heterocycles. The van der Waals surface area contributed by atoms with E-state index in [1.807, 2.05) is 18.2 Å². The molecule has 0 radical (unpaired) electrons. The number of benzene rings is 1. The highest BCUT2D eigenvalue weighted by Crippen LogP contribution is 2.20. The van der Waals surface area contributed by atoms with Gasteiger partial charge in [-0.3, -0.25) is 0 Å². The predicted molar refractivity (Wildman–Crippen MR) is 82.2 cm³/mol. The second kappa shape index (κ2) is 6.52. The molecule has 2 aromatic rings. The number of halogens is 1. The molecule has 2 N–H and O–H groups in total. The van der Waals surface area contributed by atoms with Gasteiger partial charge in [0.2, 0.25) is 0 Å². The van der Waals surface area contributed by atoms with Crippen molar-refractivity contribution >= 4 is 27.7 Å². The van der Waals surface area contributed by atoms with Crippen LogP contribution in [0.25, 0.3) is 0 Å². The average Bonchev–Trinajstić information content (AvgIpc) is 2.46. The Morgan fingerprint density at radius 1 is 1.40 bits per heavy atom. The third kappa shape index (κ3) is 3.57. The molecule has 20 heavy (non-hydrogen) atoms. The topological polar surface area (TPSA) is 62.2 Å². The van der Waals surface area contributed by atoms with Crippen LogP contribution < -0.4 is 5.32 Å². The first-order chi connectivity index (χ1) is 9.58. The maximum absolute atomic E-state index is 11.2. The molecule has 0 fully saturated rings. The number of aromatic nitrogens is 1. The number of hydrogen-bond donors (Lipinski definition) is 2. The van der Waals surface area contributed by atoms with E-state index in [4.69, 9.17) is 0 Å². The summed E-state index contributed by atoms with van der Waals surface area (Å²) < 4.78 is 0.650. The summed E-state index contributed by atoms with van der Waals surface area (Å²) in [6.45, 7) is 2.71. The normalized spacial score (nSPS) is 11.9. The second-order valence-electron chi connectivity index (χ2n) is 4.55. The van der Waals surface area contributed by atoms with E-state index < -0.39 is 5.97 Å². The van der Waals surface area contributed by atoms with Crippen molar-refractivity contribution < 1.29 is 9.90 Å². The lowest BCUT2D eigenvalue weighted by Gasteiger charge is -2.14. The van der Waals surface area contributed by atoms with E-state index >= 15 is 0 Å². The standard InChI is InChI=1S/C15H15BrN2O2/c1-10(11-5-3-2-4-6-11)8-17-14-13(15(19)20)7-12(16)9-18-14/h2-7,9-10H,8H2,1H3,(H,17,18)(H,19,20). The van der Waals surface area contributed by atoms with Crippen LogP contribution >= 0.6 is 15.9 Å². The number of carbonyl (C=O) groups is 1. The molecule has 0 amide bonds. The van der Waals surface area contributed by atoms with Crippen molar-refractivity contribution in [1.82, 2.24) is 4.98 Å². The monoisotopic (exact) mass is 334 g/mol. The number of nitrogens with one attached hydrogen (secondary N) is 1. The van der Waals surface area contributed by atoms with Gasteiger partial charge in [-0.2, -0.15) is 0 Å². The van der Waals surface area contributed by atoms with Gasteiger partial charge in [0.1, 0.15) is 11.4 Å². The molecule has 0 aliphatic rings. The average molecular weight is 335 g/mol. The summed E-state index contributed by atoms with van der Waals surface area (Å²) in [7, 11) is 0. The molecule has 1 aromatic heterocycles. The predicted octanol–water partition coefficient (Wildman–Crippen LogP) is 3.76. The third-order valence-corrected chi connectivity index (χ3v) is 3.46. The molecule has 4 nitrogen and oxygen atoms in total. The van der Waals surface area contributed by atoms with E-state index in [9.17, 15) is 9.90 Å². The van der Waals surface area contributed by atoms with E-state index in [-0.39, 0.29) is 11.5 Å². The van der Waals surface area contributed by atoms with Gasteiger partial charge in [-0.25, -0.2) is 9.78 Å². The Bertz CT molecular complexity index is 602. The van der Waals surface area contributed by atoms with Gasteiger partial charge in [-0.05, 0) is 33.5 Å². The highest BCUT2D eigenvalue weighted by atomic mass is 79.9. The van der Waals surface area contributed by atoms with Crippen LogP contribution in [0.1, 0.15) is 28.8 Å². The van der Waals surface area contributed by atoms with E-state index in [2.05, 4.69) is 45.3 Å². The summed E-state index contributed by atoms with van der Waals surface area (Å²) >= 11 is 3.23. The van der Waals surface area contributed by atoms with Gasteiger partial charge in [0.25, 0.3) is 0 Å². The van der Waals surface area contributed by atoms with Gasteiger partial charge in [-0.15, -0.1) is 0 Å². The first kappa shape index (κ1) is 14.5. The van der Waals surface area contributed by atoms with Crippen molar-refractivity contribution in [2.24, 2.45) is 0 Å². The number of carboxylic acid groups (broad SMARTS) is 1. The largest absolute Gasteiger partial charge is 0.478 e. The lowest BCUT2D eigenvalue weighted by Crippen LogP contribution is -2.14. The van der Waals surface area contributed by atoms with E-state index in [0.29, 0.717) is 16.8 Å². The highest BCUT2D eigenvalue weighted by molar-refractivity contribution is 9.10. The number of rotatable bonds is 5. The van der Waals surface area contributed by atoms with Crippen molar-refractivity contribution in [1.29, 1.82) is 0 Å². The lowest BCUT2D eigenvalue weighted by molar-refractivity contribution is 0.0697. The van der Waals surface area contributed by atoms with E-state index in [0.717, 1.165) is 0 Å². The van der Waals surface area contributed by atoms with Crippen LogP contribution in [0.3, 0.4) is 0 Å². The van der Waals surface area contributed by atoms with Crippen molar-refractivity contribution in [2.45, 2.75) is 12.8 Å². The van der Waals surface area contributed by atoms with Crippen molar-refractivity contribution in [3.05, 3.63) is 58.2 Å². The molecule has 0 aliphatic heterocycles. The van der Waals surface area contributed by atoms with Crippen LogP contribution in [-0.2, 0) is 0 Å². The van der Waals surface area contributed by atoms with Crippen molar-refractivity contribution in [3.63, 3.8) is 0 Å². The van der Waals surface area contributed by atoms with Gasteiger partial charge in [0.05, 0.1) is 0 Å². The number of anilines is 1. The molecule has 2 rings (SSSR count). The Kier molecular flexibility index (Phi) is 4.74. The van der Waals surface area contributed by atoms with Crippen LogP contribution in [0, 0.1) is 0 Å². The Morgan fingerprint density at radius 2 is 2.10 bits per heavy atom. The summed E-state index contributed by atoms with van der Waals surface area (Å²) in [6.07, 6.45) is 1.59. The molecule has 5 heteroatoms. The first-order valence-corrected chi connectivity index (χ1v) is 7.05. The van der Waals surface area contributed by atoms with E-state index in [1.165, 1.54) is 5.56 Å². The minimum absolute atomic E-state index is 0.166. The van der Waals surface area contributed by atoms with Crippen molar-refractivity contribution in [2.75, 3.05) is 11.9 Å². The zero-order valence-electron chi connectivity index (χ0n) is 11.0. The highest BCUT2D eigenvalue weighted by Gasteiger charge is 2.13. The quantitative estimate of drug-likeness (QED) is 0.873. The molecule has 0 saturated heterocycles. The third-order valence-electron chi connectivity index (χ3n) is 3.03. The fraction of sp³-hybridized carbons (Fsp3) is 0.200. The maximum Gasteiger partial charge on any atom is 0.339 e. The summed E-state index contributed by atoms with van der Waals surface area (Å²) in [5.74, 6) is -0.333. The van der Waals surface area contributed by atoms with Crippen LogP contribution in [-0.4, -0.2) is 22.6 Å². The number of carboxylic acids is 1. The molecule has 104 valence electrons. The fourth-order valence-corrected chi connectivity index (χ4v) is 2.22. The minimum atomic E-state index is -0.992. The lowest BCUT2D eigenvalue weighted by atomic mass is 10.0. The van der Waals surface area contributed by atoms with Crippen LogP contribution in [0.4, 0.5) is 5.82 Å². The number of pyridine rings is 1. The summed E-state index contributed by atoms with van der Waals surface area (Å²) in [5, 5.41) is 12.3. The van der Waals surface area contributed by atoms with E-state index in [1.54, 1.807) is 12.3 Å². The zero-order chi connectivity index (χ0) is 14.5. The Labute approximate surface area is 126 Å². The summed E-state index contributed by atoms with van der Waals surface area (Å²) in [5.41, 5.74) is 1.37. The van der Waals surface area contributed by atoms with Crippen molar-refractivity contribution in [3.8, 4) is 0 Å². The van der Waals surface area contributed by atoms with Gasteiger partial charge in [0.15, 0.2) is 0 Å². The van der Waals surface area contributed by atoms with Gasteiger partial charge < -0.3 is 10.4 Å². The molecular weight excluding hydrogens is 320 g/mol. The van der Waals surface area contributed by atoms with Crippen LogP contribution in [0.2, 0.25) is 0 Å². The van der Waals surface area contributed by atoms with Gasteiger partial charge in [0, 0.05) is 17.2 Å². The fourth-order valence-electron chi connectivity index (χ4n) is 1.89. The SMILES string of the molecule is CC(CNc1ncc(Br)cc1C(=O)O)c1ccccc1. The molecule has 1 unspecified atom stereocenters. The zero-order valence-corrected chi connectivity index (χ0v) is 12.6. The molecule has 0 aliphatic carbocycles. The molecule has 0 saturated carbocycles. The minimum Gasteiger partial charge on any atom is -0.478 e. The van der Waals surface area contributed by atoms with Crippen LogP contribution in [0.15, 0.2) is 47.1 Å². The molecule has 0 spiro atoms. The van der Waals surface area contributed by atoms with Gasteiger partial charge in [-0.1, -0.05) is 37.3 Å². The molecule has 1 aromatic carbocycles. The molecule has 1 atom stereocenters. The van der Waals surface area contributed by atoms with Crippen LogP contribution in [0.5, 0.6) is 0 Å².